The second-order valence-electron chi connectivity index (χ2n) is 6.06. The van der Waals surface area contributed by atoms with Gasteiger partial charge in [-0.1, -0.05) is 60.2 Å². The van der Waals surface area contributed by atoms with Crippen molar-refractivity contribution in [2.75, 3.05) is 0 Å². The highest BCUT2D eigenvalue weighted by Gasteiger charge is 2.17. The number of aromatic amines is 1. The highest BCUT2D eigenvalue weighted by Crippen LogP contribution is 2.22. The number of carbonyl (C=O) groups excluding carboxylic acids is 1. The van der Waals surface area contributed by atoms with Gasteiger partial charge in [0, 0.05) is 12.3 Å². The van der Waals surface area contributed by atoms with Gasteiger partial charge in [0.1, 0.15) is 6.54 Å². The Morgan fingerprint density at radius 2 is 1.65 bits per heavy atom. The van der Waals surface area contributed by atoms with Crippen LogP contribution in [0, 0.1) is 6.92 Å². The van der Waals surface area contributed by atoms with Crippen molar-refractivity contribution in [3.63, 3.8) is 0 Å². The molecule has 3 aromatic rings. The Hall–Kier alpha value is -3.41. The third-order valence-electron chi connectivity index (χ3n) is 4.06. The van der Waals surface area contributed by atoms with Gasteiger partial charge >= 0.3 is 5.69 Å². The third kappa shape index (κ3) is 4.16. The molecule has 0 radical (unpaired) electrons. The van der Waals surface area contributed by atoms with E-state index >= 15 is 0 Å². The first-order chi connectivity index (χ1) is 12.5. The first kappa shape index (κ1) is 17.4. The predicted octanol–water partition coefficient (Wildman–Crippen LogP) is 1.75. The molecule has 132 valence electrons. The van der Waals surface area contributed by atoms with Gasteiger partial charge in [0.15, 0.2) is 0 Å². The van der Waals surface area contributed by atoms with Crippen molar-refractivity contribution in [2.45, 2.75) is 19.5 Å². The normalized spacial score (nSPS) is 11.7. The van der Waals surface area contributed by atoms with Gasteiger partial charge in [0.2, 0.25) is 5.91 Å². The van der Waals surface area contributed by atoms with Crippen molar-refractivity contribution in [1.82, 2.24) is 14.9 Å². The standard InChI is InChI=1S/C20H19N3O3/c1-14-7-9-16(10-8-14)19(15-5-3-2-4-6-15)21-18(25)13-23-12-11-17(24)22-20(23)26/h2-12,19H,13H2,1H3,(H,21,25)(H,22,24,26)/t19-/m1/s1. The summed E-state index contributed by atoms with van der Waals surface area (Å²) in [5.74, 6) is -0.325. The minimum Gasteiger partial charge on any atom is -0.344 e. The molecule has 0 aliphatic rings. The molecule has 0 fully saturated rings. The summed E-state index contributed by atoms with van der Waals surface area (Å²) in [6, 6.07) is 18.4. The number of H-pyrrole nitrogens is 1. The maximum absolute atomic E-state index is 12.5. The van der Waals surface area contributed by atoms with Gasteiger partial charge in [-0.15, -0.1) is 0 Å². The van der Waals surface area contributed by atoms with Crippen molar-refractivity contribution >= 4 is 5.91 Å². The van der Waals surface area contributed by atoms with Gasteiger partial charge in [-0.05, 0) is 18.1 Å². The summed E-state index contributed by atoms with van der Waals surface area (Å²) in [4.78, 5) is 37.5. The average molecular weight is 349 g/mol. The molecule has 26 heavy (non-hydrogen) atoms. The summed E-state index contributed by atoms with van der Waals surface area (Å²) >= 11 is 0. The Morgan fingerprint density at radius 3 is 2.31 bits per heavy atom. The fourth-order valence-electron chi connectivity index (χ4n) is 2.69. The van der Waals surface area contributed by atoms with E-state index in [2.05, 4.69) is 10.3 Å². The molecule has 0 saturated heterocycles. The van der Waals surface area contributed by atoms with Crippen LogP contribution in [0.5, 0.6) is 0 Å². The van der Waals surface area contributed by atoms with Gasteiger partial charge < -0.3 is 5.32 Å². The second kappa shape index (κ2) is 7.65. The van der Waals surface area contributed by atoms with E-state index in [4.69, 9.17) is 0 Å². The van der Waals surface area contributed by atoms with Crippen LogP contribution in [0.3, 0.4) is 0 Å². The number of aromatic nitrogens is 2. The van der Waals surface area contributed by atoms with Gasteiger partial charge in [0.05, 0.1) is 6.04 Å². The molecule has 0 spiro atoms. The number of aryl methyl sites for hydroxylation is 1. The number of amides is 1. The first-order valence-electron chi connectivity index (χ1n) is 8.23. The molecule has 0 aliphatic heterocycles. The maximum atomic E-state index is 12.5. The van der Waals surface area contributed by atoms with Crippen LogP contribution in [0.4, 0.5) is 0 Å². The highest BCUT2D eigenvalue weighted by atomic mass is 16.2. The SMILES string of the molecule is Cc1ccc([C@H](NC(=O)Cn2ccc(=O)[nH]c2=O)c2ccccc2)cc1. The van der Waals surface area contributed by atoms with Gasteiger partial charge in [-0.2, -0.15) is 0 Å². The van der Waals surface area contributed by atoms with Crippen LogP contribution in [0.25, 0.3) is 0 Å². The number of nitrogens with zero attached hydrogens (tertiary/aromatic N) is 1. The van der Waals surface area contributed by atoms with Crippen LogP contribution in [0.15, 0.2) is 76.4 Å². The number of rotatable bonds is 5. The van der Waals surface area contributed by atoms with Crippen molar-refractivity contribution in [1.29, 1.82) is 0 Å². The second-order valence-corrected chi connectivity index (χ2v) is 6.06. The lowest BCUT2D eigenvalue weighted by Gasteiger charge is -2.20. The zero-order chi connectivity index (χ0) is 18.5. The summed E-state index contributed by atoms with van der Waals surface area (Å²) in [5.41, 5.74) is 1.92. The van der Waals surface area contributed by atoms with Gasteiger partial charge in [-0.3, -0.25) is 19.1 Å². The Kier molecular flexibility index (Phi) is 5.12. The van der Waals surface area contributed by atoms with Crippen molar-refractivity contribution < 1.29 is 4.79 Å². The van der Waals surface area contributed by atoms with E-state index in [1.165, 1.54) is 12.3 Å². The molecule has 0 saturated carbocycles. The summed E-state index contributed by atoms with van der Waals surface area (Å²) in [6.07, 6.45) is 1.31. The van der Waals surface area contributed by atoms with E-state index < -0.39 is 11.2 Å². The van der Waals surface area contributed by atoms with E-state index in [0.717, 1.165) is 21.3 Å². The summed E-state index contributed by atoms with van der Waals surface area (Å²) in [6.45, 7) is 1.83. The van der Waals surface area contributed by atoms with Crippen LogP contribution in [0.2, 0.25) is 0 Å². The lowest BCUT2D eigenvalue weighted by atomic mass is 9.98. The third-order valence-corrected chi connectivity index (χ3v) is 4.06. The Bertz CT molecular complexity index is 1000. The van der Waals surface area contributed by atoms with Crippen LogP contribution in [0.1, 0.15) is 22.7 Å². The summed E-state index contributed by atoms with van der Waals surface area (Å²) in [5, 5.41) is 2.97. The fourth-order valence-corrected chi connectivity index (χ4v) is 2.69. The van der Waals surface area contributed by atoms with Crippen LogP contribution < -0.4 is 16.6 Å². The first-order valence-corrected chi connectivity index (χ1v) is 8.23. The van der Waals surface area contributed by atoms with E-state index in [0.29, 0.717) is 0 Å². The lowest BCUT2D eigenvalue weighted by Crippen LogP contribution is -2.37. The number of nitrogens with one attached hydrogen (secondary N) is 2. The number of benzene rings is 2. The Morgan fingerprint density at radius 1 is 1.00 bits per heavy atom. The van der Waals surface area contributed by atoms with Gasteiger partial charge in [0.25, 0.3) is 5.56 Å². The van der Waals surface area contributed by atoms with Gasteiger partial charge in [-0.25, -0.2) is 4.79 Å². The largest absolute Gasteiger partial charge is 0.344 e. The molecule has 3 rings (SSSR count). The number of hydrogen-bond acceptors (Lipinski definition) is 3. The molecule has 1 amide bonds. The van der Waals surface area contributed by atoms with Crippen molar-refractivity contribution in [3.05, 3.63) is 104 Å². The zero-order valence-corrected chi connectivity index (χ0v) is 14.3. The minimum absolute atomic E-state index is 0.176. The van der Waals surface area contributed by atoms with E-state index in [1.807, 2.05) is 61.5 Å². The fraction of sp³-hybridized carbons (Fsp3) is 0.150. The van der Waals surface area contributed by atoms with Crippen LogP contribution >= 0.6 is 0 Å². The quantitative estimate of drug-likeness (QED) is 0.736. The molecular weight excluding hydrogens is 330 g/mol. The lowest BCUT2D eigenvalue weighted by molar-refractivity contribution is -0.122. The zero-order valence-electron chi connectivity index (χ0n) is 14.3. The van der Waals surface area contributed by atoms with Crippen LogP contribution in [-0.2, 0) is 11.3 Å². The summed E-state index contributed by atoms with van der Waals surface area (Å²) in [7, 11) is 0. The average Bonchev–Trinajstić information content (AvgIpc) is 2.64. The van der Waals surface area contributed by atoms with Crippen molar-refractivity contribution in [3.8, 4) is 0 Å². The smallest absolute Gasteiger partial charge is 0.328 e. The molecule has 2 N–H and O–H groups in total. The van der Waals surface area contributed by atoms with E-state index in [-0.39, 0.29) is 18.5 Å². The molecule has 0 aliphatic carbocycles. The maximum Gasteiger partial charge on any atom is 0.328 e. The number of hydrogen-bond donors (Lipinski definition) is 2. The molecule has 6 nitrogen and oxygen atoms in total. The highest BCUT2D eigenvalue weighted by molar-refractivity contribution is 5.76. The van der Waals surface area contributed by atoms with E-state index in [1.54, 1.807) is 0 Å². The van der Waals surface area contributed by atoms with E-state index in [9.17, 15) is 14.4 Å². The number of carbonyl (C=O) groups is 1. The molecule has 1 atom stereocenters. The summed E-state index contributed by atoms with van der Waals surface area (Å²) < 4.78 is 1.16. The molecule has 0 bridgehead atoms. The Labute approximate surface area is 150 Å². The molecule has 0 unspecified atom stereocenters. The monoisotopic (exact) mass is 349 g/mol. The molecule has 6 heteroatoms. The predicted molar refractivity (Wildman–Crippen MR) is 98.9 cm³/mol. The molecule has 1 heterocycles. The topological polar surface area (TPSA) is 84.0 Å². The Balaban J connectivity index is 1.85. The molecule has 1 aromatic heterocycles. The molecular formula is C20H19N3O3. The van der Waals surface area contributed by atoms with Crippen LogP contribution in [-0.4, -0.2) is 15.5 Å². The molecule has 2 aromatic carbocycles. The van der Waals surface area contributed by atoms with Crippen molar-refractivity contribution in [2.24, 2.45) is 0 Å². The minimum atomic E-state index is -0.612.